The Kier molecular flexibility index (Phi) is 10.6. The lowest BCUT2D eigenvalue weighted by Gasteiger charge is -2.22. The highest BCUT2D eigenvalue weighted by Crippen LogP contribution is 2.28. The van der Waals surface area contributed by atoms with Gasteiger partial charge in [0, 0.05) is 44.2 Å². The standard InChI is InChI=1S/C24H32N4O3.HI/c1-4-25-24(26-13-15-31-23-7-5-6-21(16-23)27-18(2)29)28-14-12-20(17-28)19-8-10-22(30-3)11-9-19;/h5-11,16,20H,4,12-15,17H2,1-3H3,(H,25,26)(H,27,29);1H. The molecular weight excluding hydrogens is 519 g/mol. The van der Waals surface area contributed by atoms with Crippen LogP contribution < -0.4 is 20.1 Å². The van der Waals surface area contributed by atoms with Crippen LogP contribution in [0.3, 0.4) is 0 Å². The van der Waals surface area contributed by atoms with Crippen molar-refractivity contribution in [3.8, 4) is 11.5 Å². The maximum absolute atomic E-state index is 11.2. The average molecular weight is 552 g/mol. The predicted octanol–water partition coefficient (Wildman–Crippen LogP) is 4.11. The van der Waals surface area contributed by atoms with Crippen molar-refractivity contribution in [1.82, 2.24) is 10.2 Å². The van der Waals surface area contributed by atoms with Gasteiger partial charge in [0.15, 0.2) is 5.96 Å². The Morgan fingerprint density at radius 1 is 1.19 bits per heavy atom. The topological polar surface area (TPSA) is 75.2 Å². The van der Waals surface area contributed by atoms with E-state index in [4.69, 9.17) is 14.5 Å². The summed E-state index contributed by atoms with van der Waals surface area (Å²) in [5, 5.41) is 6.16. The quantitative estimate of drug-likeness (QED) is 0.223. The van der Waals surface area contributed by atoms with E-state index in [1.807, 2.05) is 36.4 Å². The third kappa shape index (κ3) is 7.58. The minimum Gasteiger partial charge on any atom is -0.497 e. The molecule has 1 heterocycles. The first-order valence-corrected chi connectivity index (χ1v) is 10.8. The van der Waals surface area contributed by atoms with Gasteiger partial charge in [0.1, 0.15) is 18.1 Å². The number of ether oxygens (including phenoxy) is 2. The number of carbonyl (C=O) groups is 1. The van der Waals surface area contributed by atoms with Gasteiger partial charge < -0.3 is 25.0 Å². The van der Waals surface area contributed by atoms with E-state index in [1.54, 1.807) is 7.11 Å². The third-order valence-corrected chi connectivity index (χ3v) is 5.19. The number of carbonyl (C=O) groups excluding carboxylic acids is 1. The number of halogens is 1. The molecule has 1 atom stereocenters. The van der Waals surface area contributed by atoms with E-state index in [2.05, 4.69) is 34.6 Å². The van der Waals surface area contributed by atoms with Crippen LogP contribution in [0.1, 0.15) is 31.7 Å². The maximum Gasteiger partial charge on any atom is 0.221 e. The van der Waals surface area contributed by atoms with Gasteiger partial charge >= 0.3 is 0 Å². The smallest absolute Gasteiger partial charge is 0.221 e. The van der Waals surface area contributed by atoms with Crippen LogP contribution in [0.4, 0.5) is 5.69 Å². The minimum atomic E-state index is -0.101. The van der Waals surface area contributed by atoms with Crippen LogP contribution in [-0.2, 0) is 4.79 Å². The summed E-state index contributed by atoms with van der Waals surface area (Å²) in [7, 11) is 1.69. The van der Waals surface area contributed by atoms with Crippen LogP contribution in [-0.4, -0.2) is 56.7 Å². The molecule has 2 N–H and O–H groups in total. The normalized spacial score (nSPS) is 15.7. The molecule has 1 unspecified atom stereocenters. The van der Waals surface area contributed by atoms with Crippen molar-refractivity contribution in [3.63, 3.8) is 0 Å². The number of nitrogens with one attached hydrogen (secondary N) is 2. The van der Waals surface area contributed by atoms with Crippen LogP contribution in [0.15, 0.2) is 53.5 Å². The summed E-state index contributed by atoms with van der Waals surface area (Å²) in [6.45, 7) is 7.32. The van der Waals surface area contributed by atoms with Gasteiger partial charge in [0.05, 0.1) is 13.7 Å². The third-order valence-electron chi connectivity index (χ3n) is 5.19. The first-order chi connectivity index (χ1) is 15.1. The number of aliphatic imine (C=N–C) groups is 1. The molecule has 1 saturated heterocycles. The summed E-state index contributed by atoms with van der Waals surface area (Å²) in [4.78, 5) is 18.3. The van der Waals surface area contributed by atoms with Gasteiger partial charge in [-0.25, -0.2) is 4.99 Å². The van der Waals surface area contributed by atoms with Crippen LogP contribution in [0.25, 0.3) is 0 Å². The van der Waals surface area contributed by atoms with E-state index in [0.29, 0.717) is 24.8 Å². The monoisotopic (exact) mass is 552 g/mol. The van der Waals surface area contributed by atoms with Gasteiger partial charge in [-0.2, -0.15) is 0 Å². The number of hydrogen-bond acceptors (Lipinski definition) is 4. The number of hydrogen-bond donors (Lipinski definition) is 2. The summed E-state index contributed by atoms with van der Waals surface area (Å²) in [5.74, 6) is 2.91. The molecule has 1 amide bonds. The molecule has 0 saturated carbocycles. The Morgan fingerprint density at radius 3 is 2.66 bits per heavy atom. The second-order valence-corrected chi connectivity index (χ2v) is 7.50. The van der Waals surface area contributed by atoms with Gasteiger partial charge in [-0.05, 0) is 43.2 Å². The number of amides is 1. The maximum atomic E-state index is 11.2. The largest absolute Gasteiger partial charge is 0.497 e. The molecule has 0 aromatic heterocycles. The zero-order valence-electron chi connectivity index (χ0n) is 19.0. The van der Waals surface area contributed by atoms with E-state index >= 15 is 0 Å². The number of likely N-dealkylation sites (tertiary alicyclic amines) is 1. The molecule has 7 nitrogen and oxygen atoms in total. The highest BCUT2D eigenvalue weighted by molar-refractivity contribution is 14.0. The molecule has 0 bridgehead atoms. The van der Waals surface area contributed by atoms with Gasteiger partial charge in [0.25, 0.3) is 0 Å². The molecule has 1 aliphatic rings. The minimum absolute atomic E-state index is 0. The molecular formula is C24H33IN4O3. The van der Waals surface area contributed by atoms with E-state index in [1.165, 1.54) is 12.5 Å². The van der Waals surface area contributed by atoms with Crippen molar-refractivity contribution in [3.05, 3.63) is 54.1 Å². The van der Waals surface area contributed by atoms with E-state index in [9.17, 15) is 4.79 Å². The van der Waals surface area contributed by atoms with Gasteiger partial charge in [-0.3, -0.25) is 4.79 Å². The van der Waals surface area contributed by atoms with Crippen LogP contribution in [0, 0.1) is 0 Å². The zero-order valence-corrected chi connectivity index (χ0v) is 21.3. The first-order valence-electron chi connectivity index (χ1n) is 10.8. The van der Waals surface area contributed by atoms with Crippen molar-refractivity contribution < 1.29 is 14.3 Å². The summed E-state index contributed by atoms with van der Waals surface area (Å²) in [5.41, 5.74) is 2.06. The second kappa shape index (κ2) is 13.1. The number of methoxy groups -OCH3 is 1. The number of rotatable bonds is 8. The molecule has 3 rings (SSSR count). The van der Waals surface area contributed by atoms with E-state index < -0.39 is 0 Å². The Balaban J connectivity index is 0.00000363. The molecule has 0 radical (unpaired) electrons. The van der Waals surface area contributed by atoms with Gasteiger partial charge in [-0.1, -0.05) is 18.2 Å². The fourth-order valence-corrected chi connectivity index (χ4v) is 3.71. The highest BCUT2D eigenvalue weighted by atomic mass is 127. The van der Waals surface area contributed by atoms with Crippen molar-refractivity contribution in [1.29, 1.82) is 0 Å². The lowest BCUT2D eigenvalue weighted by molar-refractivity contribution is -0.114. The number of anilines is 1. The van der Waals surface area contributed by atoms with E-state index in [0.717, 1.165) is 43.5 Å². The molecule has 8 heteroatoms. The number of nitrogens with zero attached hydrogens (tertiary/aromatic N) is 2. The predicted molar refractivity (Wildman–Crippen MR) is 140 cm³/mol. The average Bonchev–Trinajstić information content (AvgIpc) is 3.26. The Labute approximate surface area is 207 Å². The molecule has 174 valence electrons. The van der Waals surface area contributed by atoms with Crippen LogP contribution in [0.5, 0.6) is 11.5 Å². The first kappa shape index (κ1) is 25.8. The summed E-state index contributed by atoms with van der Waals surface area (Å²) in [6, 6.07) is 15.7. The van der Waals surface area contributed by atoms with Crippen molar-refractivity contribution >= 4 is 41.5 Å². The van der Waals surface area contributed by atoms with Gasteiger partial charge in [0.2, 0.25) is 5.91 Å². The Morgan fingerprint density at radius 2 is 1.97 bits per heavy atom. The molecule has 1 fully saturated rings. The fourth-order valence-electron chi connectivity index (χ4n) is 3.71. The van der Waals surface area contributed by atoms with E-state index in [-0.39, 0.29) is 29.9 Å². The summed E-state index contributed by atoms with van der Waals surface area (Å²) >= 11 is 0. The Hall–Kier alpha value is -2.49. The molecule has 32 heavy (non-hydrogen) atoms. The Bertz CT molecular complexity index is 889. The van der Waals surface area contributed by atoms with Gasteiger partial charge in [-0.15, -0.1) is 24.0 Å². The molecule has 2 aromatic rings. The number of benzene rings is 2. The lowest BCUT2D eigenvalue weighted by atomic mass is 9.98. The second-order valence-electron chi connectivity index (χ2n) is 7.50. The summed E-state index contributed by atoms with van der Waals surface area (Å²) < 4.78 is 11.1. The molecule has 0 aliphatic carbocycles. The summed E-state index contributed by atoms with van der Waals surface area (Å²) in [6.07, 6.45) is 1.10. The highest BCUT2D eigenvalue weighted by Gasteiger charge is 2.26. The van der Waals surface area contributed by atoms with Crippen LogP contribution in [0.2, 0.25) is 0 Å². The lowest BCUT2D eigenvalue weighted by Crippen LogP contribution is -2.40. The molecule has 0 spiro atoms. The molecule has 2 aromatic carbocycles. The van der Waals surface area contributed by atoms with Crippen molar-refractivity contribution in [2.45, 2.75) is 26.2 Å². The van der Waals surface area contributed by atoms with Crippen molar-refractivity contribution in [2.75, 3.05) is 45.2 Å². The fraction of sp³-hybridized carbons (Fsp3) is 0.417. The van der Waals surface area contributed by atoms with Crippen LogP contribution >= 0.6 is 24.0 Å². The van der Waals surface area contributed by atoms with Crippen molar-refractivity contribution in [2.24, 2.45) is 4.99 Å². The number of guanidine groups is 1. The molecule has 1 aliphatic heterocycles. The SMILES string of the molecule is CCNC(=NCCOc1cccc(NC(C)=O)c1)N1CCC(c2ccc(OC)cc2)C1.I. The zero-order chi connectivity index (χ0) is 22.1.